The molecule has 48 heavy (non-hydrogen) atoms. The molecule has 2 fully saturated rings. The second-order valence-electron chi connectivity index (χ2n) is 14.6. The van der Waals surface area contributed by atoms with Crippen LogP contribution in [0.5, 0.6) is 6.01 Å². The molecule has 3 aliphatic rings. The zero-order valence-electron chi connectivity index (χ0n) is 29.1. The number of likely N-dealkylation sites (tertiary alicyclic amines) is 1. The molecule has 258 valence electrons. The lowest BCUT2D eigenvalue weighted by atomic mass is 9.72. The van der Waals surface area contributed by atoms with Gasteiger partial charge in [-0.1, -0.05) is 5.16 Å². The monoisotopic (exact) mass is 677 g/mol. The molecule has 1 aliphatic carbocycles. The number of likely N-dealkylation sites (N-methyl/N-ethyl adjacent to an activating group) is 1. The first-order valence-electron chi connectivity index (χ1n) is 16.9. The van der Waals surface area contributed by atoms with Gasteiger partial charge in [-0.3, -0.25) is 4.90 Å². The average molecular weight is 678 g/mol. The minimum absolute atomic E-state index is 0.0697. The fraction of sp³-hybridized carbons (Fsp3) is 0.647. The van der Waals surface area contributed by atoms with Crippen molar-refractivity contribution < 1.29 is 18.8 Å². The van der Waals surface area contributed by atoms with Crippen LogP contribution in [0.15, 0.2) is 10.6 Å². The van der Waals surface area contributed by atoms with Crippen molar-refractivity contribution in [1.82, 2.24) is 29.9 Å². The number of anilines is 2. The van der Waals surface area contributed by atoms with Crippen LogP contribution in [0.2, 0.25) is 0 Å². The largest absolute Gasteiger partial charge is 0.459 e. The third-order valence-electron chi connectivity index (χ3n) is 9.89. The van der Waals surface area contributed by atoms with Crippen LogP contribution >= 0.6 is 11.3 Å². The fourth-order valence-corrected chi connectivity index (χ4v) is 8.46. The molecule has 2 N–H and O–H groups in total. The molecule has 14 heteroatoms. The summed E-state index contributed by atoms with van der Waals surface area (Å²) in [5, 5.41) is 14.9. The molecule has 0 bridgehead atoms. The molecule has 2 aliphatic heterocycles. The van der Waals surface area contributed by atoms with Crippen molar-refractivity contribution in [1.29, 1.82) is 5.26 Å². The number of aryl methyl sites for hydroxylation is 1. The van der Waals surface area contributed by atoms with Crippen molar-refractivity contribution in [3.8, 4) is 23.6 Å². The molecule has 3 aromatic rings. The summed E-state index contributed by atoms with van der Waals surface area (Å²) in [6.45, 7) is 14.5. The Kier molecular flexibility index (Phi) is 9.30. The number of nitrogen functional groups attached to an aromatic ring is 1. The second-order valence-corrected chi connectivity index (χ2v) is 15.7. The molecule has 5 heterocycles. The molecular weight excluding hydrogens is 630 g/mol. The summed E-state index contributed by atoms with van der Waals surface area (Å²) in [7, 11) is 2.12. The predicted octanol–water partition coefficient (Wildman–Crippen LogP) is 5.38. The maximum absolute atomic E-state index is 12.9. The van der Waals surface area contributed by atoms with Crippen molar-refractivity contribution in [2.45, 2.75) is 109 Å². The van der Waals surface area contributed by atoms with Crippen LogP contribution in [-0.2, 0) is 16.6 Å². The van der Waals surface area contributed by atoms with Crippen molar-refractivity contribution in [2.75, 3.05) is 43.9 Å². The second kappa shape index (κ2) is 13.2. The molecular formula is C34H47N9O4S. The van der Waals surface area contributed by atoms with Gasteiger partial charge in [-0.15, -0.1) is 11.3 Å². The average Bonchev–Trinajstić information content (AvgIpc) is 3.73. The van der Waals surface area contributed by atoms with Gasteiger partial charge in [0, 0.05) is 48.2 Å². The van der Waals surface area contributed by atoms with E-state index in [2.05, 4.69) is 41.9 Å². The van der Waals surface area contributed by atoms with E-state index in [-0.39, 0.29) is 30.3 Å². The molecule has 1 amide bonds. The highest BCUT2D eigenvalue weighted by Gasteiger charge is 2.43. The summed E-state index contributed by atoms with van der Waals surface area (Å²) in [4.78, 5) is 34.9. The number of ether oxygens (including phenoxy) is 2. The Morgan fingerprint density at radius 3 is 2.69 bits per heavy atom. The van der Waals surface area contributed by atoms with E-state index in [1.165, 1.54) is 11.3 Å². The number of nitrogens with zero attached hydrogens (tertiary/aromatic N) is 8. The van der Waals surface area contributed by atoms with E-state index < -0.39 is 11.0 Å². The van der Waals surface area contributed by atoms with Gasteiger partial charge in [0.15, 0.2) is 0 Å². The van der Waals surface area contributed by atoms with Gasteiger partial charge < -0.3 is 29.5 Å². The quantitative estimate of drug-likeness (QED) is 0.355. The van der Waals surface area contributed by atoms with Crippen LogP contribution in [0.4, 0.5) is 15.6 Å². The van der Waals surface area contributed by atoms with Gasteiger partial charge in [-0.25, -0.2) is 4.79 Å². The van der Waals surface area contributed by atoms with Gasteiger partial charge in [0.2, 0.25) is 11.7 Å². The van der Waals surface area contributed by atoms with E-state index in [0.717, 1.165) is 55.5 Å². The van der Waals surface area contributed by atoms with E-state index in [0.29, 0.717) is 53.4 Å². The van der Waals surface area contributed by atoms with Crippen LogP contribution in [0, 0.1) is 11.3 Å². The zero-order chi connectivity index (χ0) is 34.4. The number of nitrogens with two attached hydrogens (primary N) is 1. The standard InChI is InChI=1S/C34H47N9O4S/c1-20-12-15-42(32(44)46-33(3,4)5)16-17-43(20)26-18-23(37-31(38-26)45-21(2)24-10-9-14-41(24)7)29-39-30(47-40-29)34(6)13-8-11-25-27(34)22(19-35)28(36)48-25/h18,20-21,24H,8-17,36H2,1-7H3/t20-,21-,24-,34-/m0/s1. The topological polar surface area (TPSA) is 160 Å². The Labute approximate surface area is 286 Å². The van der Waals surface area contributed by atoms with Gasteiger partial charge >= 0.3 is 12.1 Å². The predicted molar refractivity (Wildman–Crippen MR) is 183 cm³/mol. The van der Waals surface area contributed by atoms with E-state index in [1.807, 2.05) is 33.8 Å². The summed E-state index contributed by atoms with van der Waals surface area (Å²) in [5.74, 6) is 1.40. The molecule has 3 aromatic heterocycles. The van der Waals surface area contributed by atoms with E-state index in [4.69, 9.17) is 34.7 Å². The number of aromatic nitrogens is 4. The minimum atomic E-state index is -0.654. The first-order valence-corrected chi connectivity index (χ1v) is 17.8. The van der Waals surface area contributed by atoms with E-state index >= 15 is 0 Å². The smallest absolute Gasteiger partial charge is 0.410 e. The third-order valence-corrected chi connectivity index (χ3v) is 11.0. The van der Waals surface area contributed by atoms with E-state index in [1.54, 1.807) is 4.90 Å². The lowest BCUT2D eigenvalue weighted by Crippen LogP contribution is -2.40. The molecule has 6 rings (SSSR count). The Hall–Kier alpha value is -3.96. The minimum Gasteiger partial charge on any atom is -0.459 e. The molecule has 0 aromatic carbocycles. The highest BCUT2D eigenvalue weighted by Crippen LogP contribution is 2.48. The Morgan fingerprint density at radius 1 is 1.19 bits per heavy atom. The van der Waals surface area contributed by atoms with Gasteiger partial charge in [0.25, 0.3) is 0 Å². The van der Waals surface area contributed by atoms with Crippen LogP contribution < -0.4 is 15.4 Å². The molecule has 0 unspecified atom stereocenters. The number of hydrogen-bond acceptors (Lipinski definition) is 13. The third kappa shape index (κ3) is 6.67. The number of thiophene rings is 1. The molecule has 0 spiro atoms. The normalized spacial score (nSPS) is 24.1. The van der Waals surface area contributed by atoms with Crippen LogP contribution in [0.25, 0.3) is 11.5 Å². The van der Waals surface area contributed by atoms with Gasteiger partial charge in [0.05, 0.1) is 11.0 Å². The Bertz CT molecular complexity index is 1690. The molecule has 0 radical (unpaired) electrons. The maximum Gasteiger partial charge on any atom is 0.410 e. The van der Waals surface area contributed by atoms with Crippen LogP contribution in [0.3, 0.4) is 0 Å². The number of rotatable bonds is 6. The van der Waals surface area contributed by atoms with Gasteiger partial charge in [-0.2, -0.15) is 20.2 Å². The summed E-state index contributed by atoms with van der Waals surface area (Å²) < 4.78 is 18.1. The van der Waals surface area contributed by atoms with Crippen molar-refractivity contribution in [3.05, 3.63) is 28.0 Å². The van der Waals surface area contributed by atoms with Crippen molar-refractivity contribution >= 4 is 28.2 Å². The van der Waals surface area contributed by atoms with Crippen LogP contribution in [-0.4, -0.2) is 93.0 Å². The number of hydrogen-bond donors (Lipinski definition) is 1. The first kappa shape index (κ1) is 33.9. The SMILES string of the molecule is C[C@H](Oc1nc(-c2noc([C@@]3(C)CCCc4sc(N)c(C#N)c43)n2)cc(N2CCN(C(=O)OC(C)(C)C)CC[C@@H]2C)n1)[C@@H]1CCCN1C. The summed E-state index contributed by atoms with van der Waals surface area (Å²) in [6, 6.07) is 4.74. The van der Waals surface area contributed by atoms with Gasteiger partial charge in [-0.05, 0) is 93.7 Å². The lowest BCUT2D eigenvalue weighted by molar-refractivity contribution is 0.0262. The lowest BCUT2D eigenvalue weighted by Gasteiger charge is -2.30. The molecule has 0 saturated carbocycles. The molecule has 2 saturated heterocycles. The molecule has 4 atom stereocenters. The Morgan fingerprint density at radius 2 is 1.98 bits per heavy atom. The maximum atomic E-state index is 12.9. The number of carbonyl (C=O) groups excluding carboxylic acids is 1. The summed E-state index contributed by atoms with van der Waals surface area (Å²) >= 11 is 1.47. The first-order chi connectivity index (χ1) is 22.8. The van der Waals surface area contributed by atoms with Crippen LogP contribution in [0.1, 0.15) is 95.5 Å². The van der Waals surface area contributed by atoms with Crippen molar-refractivity contribution in [2.24, 2.45) is 0 Å². The number of fused-ring (bicyclic) bond motifs is 1. The summed E-state index contributed by atoms with van der Waals surface area (Å²) in [6.07, 6.45) is 4.98. The fourth-order valence-electron chi connectivity index (χ4n) is 7.27. The Balaban J connectivity index is 1.34. The van der Waals surface area contributed by atoms with E-state index in [9.17, 15) is 10.1 Å². The van der Waals surface area contributed by atoms with Gasteiger partial charge in [0.1, 0.15) is 34.3 Å². The van der Waals surface area contributed by atoms with Crippen molar-refractivity contribution in [3.63, 3.8) is 0 Å². The molecule has 13 nitrogen and oxygen atoms in total. The zero-order valence-corrected chi connectivity index (χ0v) is 29.9. The number of amides is 1. The summed E-state index contributed by atoms with van der Waals surface area (Å²) in [5.41, 5.74) is 6.90. The number of nitriles is 1. The highest BCUT2D eigenvalue weighted by molar-refractivity contribution is 7.16. The number of carbonyl (C=O) groups is 1. The highest BCUT2D eigenvalue weighted by atomic mass is 32.1.